The molecule has 136 valence electrons. The van der Waals surface area contributed by atoms with E-state index in [2.05, 4.69) is 0 Å². The van der Waals surface area contributed by atoms with Gasteiger partial charge in [-0.15, -0.1) is 0 Å². The van der Waals surface area contributed by atoms with Crippen LogP contribution in [0.2, 0.25) is 0 Å². The predicted molar refractivity (Wildman–Crippen MR) is 100 cm³/mol. The highest BCUT2D eigenvalue weighted by Crippen LogP contribution is 2.24. The van der Waals surface area contributed by atoms with E-state index < -0.39 is 12.0 Å². The second kappa shape index (κ2) is 6.72. The minimum atomic E-state index is -1.01. The molecule has 0 bridgehead atoms. The number of benzene rings is 2. The van der Waals surface area contributed by atoms with Crippen LogP contribution in [0.3, 0.4) is 0 Å². The number of aromatic nitrogens is 1. The molecule has 0 fully saturated rings. The van der Waals surface area contributed by atoms with Crippen molar-refractivity contribution in [1.82, 2.24) is 9.47 Å². The molecule has 1 amide bonds. The molecule has 0 saturated heterocycles. The third-order valence-corrected chi connectivity index (χ3v) is 5.04. The topological polar surface area (TPSA) is 79.6 Å². The number of hydrogen-bond donors (Lipinski definition) is 1. The Morgan fingerprint density at radius 1 is 1.00 bits per heavy atom. The minimum absolute atomic E-state index is 0.0211. The lowest BCUT2D eigenvalue weighted by Crippen LogP contribution is -2.49. The molecule has 1 aromatic heterocycles. The predicted octanol–water partition coefficient (Wildman–Crippen LogP) is 2.04. The molecule has 1 aliphatic heterocycles. The number of carboxylic acid groups (broad SMARTS) is 1. The molecule has 6 nitrogen and oxygen atoms in total. The lowest BCUT2D eigenvalue weighted by molar-refractivity contribution is -0.151. The fourth-order valence-corrected chi connectivity index (χ4v) is 3.64. The summed E-state index contributed by atoms with van der Waals surface area (Å²) in [5.41, 5.74) is 2.48. The standard InChI is InChI=1S/C21H18N2O4/c24-19-9-10-22(17-8-4-3-7-16(17)19)13-20(25)23-12-15-6-2-1-5-14(15)11-18(23)21(26)27/h1-10,18H,11-13H2,(H,26,27)/t18-/m0/s1. The quantitative estimate of drug-likeness (QED) is 0.773. The normalized spacial score (nSPS) is 16.1. The summed E-state index contributed by atoms with van der Waals surface area (Å²) in [6.07, 6.45) is 1.87. The van der Waals surface area contributed by atoms with E-state index in [0.717, 1.165) is 11.1 Å². The fourth-order valence-electron chi connectivity index (χ4n) is 3.64. The highest BCUT2D eigenvalue weighted by atomic mass is 16.4. The van der Waals surface area contributed by atoms with Crippen molar-refractivity contribution in [3.8, 4) is 0 Å². The van der Waals surface area contributed by atoms with Gasteiger partial charge in [-0.05, 0) is 23.3 Å². The molecular formula is C21H18N2O4. The second-order valence-electron chi connectivity index (χ2n) is 6.67. The van der Waals surface area contributed by atoms with Crippen molar-refractivity contribution in [2.45, 2.75) is 25.6 Å². The number of carboxylic acids is 1. The van der Waals surface area contributed by atoms with Crippen molar-refractivity contribution in [2.24, 2.45) is 0 Å². The average molecular weight is 362 g/mol. The maximum atomic E-state index is 13.0. The van der Waals surface area contributed by atoms with Gasteiger partial charge >= 0.3 is 5.97 Å². The van der Waals surface area contributed by atoms with Crippen molar-refractivity contribution in [2.75, 3.05) is 0 Å². The molecule has 0 saturated carbocycles. The summed E-state index contributed by atoms with van der Waals surface area (Å²) in [6.45, 7) is 0.247. The van der Waals surface area contributed by atoms with Crippen LogP contribution in [-0.4, -0.2) is 32.5 Å². The van der Waals surface area contributed by atoms with E-state index in [1.807, 2.05) is 24.3 Å². The van der Waals surface area contributed by atoms with E-state index in [-0.39, 0.29) is 24.4 Å². The summed E-state index contributed by atoms with van der Waals surface area (Å²) in [5, 5.41) is 10.1. The van der Waals surface area contributed by atoms with Crippen molar-refractivity contribution < 1.29 is 14.7 Å². The summed E-state index contributed by atoms with van der Waals surface area (Å²) >= 11 is 0. The number of pyridine rings is 1. The number of carbonyl (C=O) groups excluding carboxylic acids is 1. The fraction of sp³-hybridized carbons (Fsp3) is 0.190. The van der Waals surface area contributed by atoms with Gasteiger partial charge in [-0.25, -0.2) is 4.79 Å². The maximum Gasteiger partial charge on any atom is 0.326 e. The summed E-state index contributed by atoms with van der Waals surface area (Å²) in [4.78, 5) is 38.2. The molecule has 0 radical (unpaired) electrons. The monoisotopic (exact) mass is 362 g/mol. The average Bonchev–Trinajstić information content (AvgIpc) is 2.69. The smallest absolute Gasteiger partial charge is 0.326 e. The van der Waals surface area contributed by atoms with Crippen molar-refractivity contribution in [3.63, 3.8) is 0 Å². The van der Waals surface area contributed by atoms with Gasteiger partial charge in [0.1, 0.15) is 12.6 Å². The summed E-state index contributed by atoms with van der Waals surface area (Å²) in [7, 11) is 0. The Kier molecular flexibility index (Phi) is 4.24. The molecule has 0 spiro atoms. The lowest BCUT2D eigenvalue weighted by Gasteiger charge is -2.34. The number of carbonyl (C=O) groups is 2. The van der Waals surface area contributed by atoms with Gasteiger partial charge in [-0.3, -0.25) is 9.59 Å². The number of nitrogens with zero attached hydrogens (tertiary/aromatic N) is 2. The van der Waals surface area contributed by atoms with E-state index in [9.17, 15) is 19.5 Å². The summed E-state index contributed by atoms with van der Waals surface area (Å²) < 4.78 is 1.69. The van der Waals surface area contributed by atoms with Crippen LogP contribution in [-0.2, 0) is 29.1 Å². The van der Waals surface area contributed by atoms with Gasteiger partial charge in [-0.1, -0.05) is 36.4 Å². The SMILES string of the molecule is O=C(O)[C@@H]1Cc2ccccc2CN1C(=O)Cn1ccc(=O)c2ccccc21. The molecule has 4 rings (SSSR count). The van der Waals surface area contributed by atoms with Crippen LogP contribution < -0.4 is 5.43 Å². The first-order valence-electron chi connectivity index (χ1n) is 8.72. The van der Waals surface area contributed by atoms with Crippen molar-refractivity contribution in [1.29, 1.82) is 0 Å². The Morgan fingerprint density at radius 2 is 1.70 bits per heavy atom. The number of rotatable bonds is 3. The zero-order valence-electron chi connectivity index (χ0n) is 14.5. The van der Waals surface area contributed by atoms with Crippen LogP contribution in [0.5, 0.6) is 0 Å². The first kappa shape index (κ1) is 17.0. The number of amides is 1. The Hall–Kier alpha value is -3.41. The largest absolute Gasteiger partial charge is 0.480 e. The number of aliphatic carboxylic acids is 1. The summed E-state index contributed by atoms with van der Waals surface area (Å²) in [5.74, 6) is -1.30. The van der Waals surface area contributed by atoms with Gasteiger partial charge in [0.25, 0.3) is 0 Å². The molecule has 3 aromatic rings. The number of hydrogen-bond acceptors (Lipinski definition) is 3. The van der Waals surface area contributed by atoms with Crippen LogP contribution in [0.4, 0.5) is 0 Å². The molecule has 2 heterocycles. The number of para-hydroxylation sites is 1. The van der Waals surface area contributed by atoms with Crippen LogP contribution >= 0.6 is 0 Å². The highest BCUT2D eigenvalue weighted by molar-refractivity contribution is 5.86. The molecule has 1 aliphatic rings. The first-order valence-corrected chi connectivity index (χ1v) is 8.72. The first-order chi connectivity index (χ1) is 13.0. The lowest BCUT2D eigenvalue weighted by atomic mass is 9.94. The van der Waals surface area contributed by atoms with Crippen molar-refractivity contribution >= 4 is 22.8 Å². The van der Waals surface area contributed by atoms with Gasteiger partial charge in [-0.2, -0.15) is 0 Å². The summed E-state index contributed by atoms with van der Waals surface area (Å²) in [6, 6.07) is 15.2. The Bertz CT molecular complexity index is 1100. The Labute approximate surface area is 155 Å². The third-order valence-electron chi connectivity index (χ3n) is 5.04. The minimum Gasteiger partial charge on any atom is -0.480 e. The molecule has 0 aliphatic carbocycles. The van der Waals surface area contributed by atoms with Gasteiger partial charge < -0.3 is 14.6 Å². The zero-order valence-corrected chi connectivity index (χ0v) is 14.5. The van der Waals surface area contributed by atoms with Crippen LogP contribution in [0.1, 0.15) is 11.1 Å². The van der Waals surface area contributed by atoms with E-state index in [1.54, 1.807) is 35.0 Å². The van der Waals surface area contributed by atoms with E-state index in [1.165, 1.54) is 11.0 Å². The van der Waals surface area contributed by atoms with Crippen LogP contribution in [0.25, 0.3) is 10.9 Å². The third kappa shape index (κ3) is 3.10. The molecule has 27 heavy (non-hydrogen) atoms. The molecule has 1 atom stereocenters. The highest BCUT2D eigenvalue weighted by Gasteiger charge is 2.34. The second-order valence-corrected chi connectivity index (χ2v) is 6.67. The molecule has 2 aromatic carbocycles. The van der Waals surface area contributed by atoms with Crippen LogP contribution in [0.15, 0.2) is 65.6 Å². The molecule has 1 N–H and O–H groups in total. The van der Waals surface area contributed by atoms with Crippen molar-refractivity contribution in [3.05, 3.63) is 82.1 Å². The Morgan fingerprint density at radius 3 is 2.48 bits per heavy atom. The molecular weight excluding hydrogens is 344 g/mol. The Balaban J connectivity index is 1.67. The van der Waals surface area contributed by atoms with E-state index >= 15 is 0 Å². The van der Waals surface area contributed by atoms with Gasteiger partial charge in [0.05, 0.1) is 5.52 Å². The van der Waals surface area contributed by atoms with Gasteiger partial charge in [0.15, 0.2) is 5.43 Å². The van der Waals surface area contributed by atoms with E-state index in [0.29, 0.717) is 17.3 Å². The van der Waals surface area contributed by atoms with Gasteiger partial charge in [0, 0.05) is 30.6 Å². The number of fused-ring (bicyclic) bond motifs is 2. The maximum absolute atomic E-state index is 13.0. The van der Waals surface area contributed by atoms with Crippen LogP contribution in [0, 0.1) is 0 Å². The molecule has 0 unspecified atom stereocenters. The molecule has 6 heteroatoms. The van der Waals surface area contributed by atoms with Gasteiger partial charge in [0.2, 0.25) is 5.91 Å². The zero-order chi connectivity index (χ0) is 19.0. The van der Waals surface area contributed by atoms with E-state index in [4.69, 9.17) is 0 Å².